The highest BCUT2D eigenvalue weighted by Crippen LogP contribution is 2.31. The molecule has 0 spiro atoms. The molecule has 2 aromatic carbocycles. The molecule has 0 aromatic heterocycles. The number of hydrogen-bond donors (Lipinski definition) is 1. The highest BCUT2D eigenvalue weighted by atomic mass is 19.4. The second-order valence-corrected chi connectivity index (χ2v) is 4.32. The van der Waals surface area contributed by atoms with Gasteiger partial charge in [0, 0.05) is 12.5 Å². The van der Waals surface area contributed by atoms with Crippen LogP contribution < -0.4 is 5.73 Å². The van der Waals surface area contributed by atoms with E-state index in [2.05, 4.69) is 0 Å². The standard InChI is InChI=1S/C15H14F3N/c16-15(17,18)13-8-6-12(7-9-13)14(10-19)11-4-2-1-3-5-11/h1-9,14H,10,19H2/t14-/m0/s1. The van der Waals surface area contributed by atoms with Crippen molar-refractivity contribution in [2.75, 3.05) is 6.54 Å². The van der Waals surface area contributed by atoms with Crippen LogP contribution in [0.25, 0.3) is 0 Å². The van der Waals surface area contributed by atoms with Crippen LogP contribution in [0.2, 0.25) is 0 Å². The van der Waals surface area contributed by atoms with Gasteiger partial charge in [-0.1, -0.05) is 42.5 Å². The van der Waals surface area contributed by atoms with Gasteiger partial charge in [-0.25, -0.2) is 0 Å². The van der Waals surface area contributed by atoms with Crippen LogP contribution in [0.15, 0.2) is 54.6 Å². The molecule has 2 N–H and O–H groups in total. The van der Waals surface area contributed by atoms with E-state index in [1.165, 1.54) is 12.1 Å². The lowest BCUT2D eigenvalue weighted by molar-refractivity contribution is -0.137. The Morgan fingerprint density at radius 1 is 0.842 bits per heavy atom. The minimum atomic E-state index is -4.30. The van der Waals surface area contributed by atoms with Crippen molar-refractivity contribution in [2.24, 2.45) is 5.73 Å². The summed E-state index contributed by atoms with van der Waals surface area (Å²) in [6, 6.07) is 14.7. The molecule has 0 aliphatic carbocycles. The molecule has 2 rings (SSSR count). The fourth-order valence-electron chi connectivity index (χ4n) is 2.05. The van der Waals surface area contributed by atoms with E-state index >= 15 is 0 Å². The second-order valence-electron chi connectivity index (χ2n) is 4.32. The Balaban J connectivity index is 2.30. The van der Waals surface area contributed by atoms with Crippen LogP contribution in [-0.2, 0) is 6.18 Å². The van der Waals surface area contributed by atoms with Crippen molar-refractivity contribution in [3.8, 4) is 0 Å². The molecule has 1 atom stereocenters. The average Bonchev–Trinajstić information content (AvgIpc) is 2.40. The number of rotatable bonds is 3. The van der Waals surface area contributed by atoms with E-state index in [1.54, 1.807) is 0 Å². The van der Waals surface area contributed by atoms with Gasteiger partial charge in [-0.15, -0.1) is 0 Å². The molecule has 0 bridgehead atoms. The minimum absolute atomic E-state index is 0.0801. The van der Waals surface area contributed by atoms with Gasteiger partial charge in [-0.2, -0.15) is 13.2 Å². The fraction of sp³-hybridized carbons (Fsp3) is 0.200. The van der Waals surface area contributed by atoms with Crippen LogP contribution in [0.4, 0.5) is 13.2 Å². The number of benzene rings is 2. The maximum Gasteiger partial charge on any atom is 0.416 e. The third-order valence-corrected chi connectivity index (χ3v) is 3.08. The first-order valence-corrected chi connectivity index (χ1v) is 5.94. The van der Waals surface area contributed by atoms with Gasteiger partial charge in [-0.3, -0.25) is 0 Å². The Bertz CT molecular complexity index is 517. The summed E-state index contributed by atoms with van der Waals surface area (Å²) in [7, 11) is 0. The zero-order valence-electron chi connectivity index (χ0n) is 10.2. The summed E-state index contributed by atoms with van der Waals surface area (Å²) >= 11 is 0. The maximum atomic E-state index is 12.5. The third-order valence-electron chi connectivity index (χ3n) is 3.08. The van der Waals surface area contributed by atoms with Crippen LogP contribution in [0.5, 0.6) is 0 Å². The van der Waals surface area contributed by atoms with E-state index in [1.807, 2.05) is 30.3 Å². The van der Waals surface area contributed by atoms with Crippen LogP contribution in [0.1, 0.15) is 22.6 Å². The molecular formula is C15H14F3N. The molecule has 2 aromatic rings. The predicted octanol–water partition coefficient (Wildman–Crippen LogP) is 3.80. The van der Waals surface area contributed by atoms with Crippen LogP contribution in [-0.4, -0.2) is 6.54 Å². The quantitative estimate of drug-likeness (QED) is 0.897. The molecule has 100 valence electrons. The SMILES string of the molecule is NC[C@@H](c1ccccc1)c1ccc(C(F)(F)F)cc1. The van der Waals surface area contributed by atoms with E-state index < -0.39 is 11.7 Å². The smallest absolute Gasteiger partial charge is 0.330 e. The molecule has 0 aliphatic heterocycles. The third kappa shape index (κ3) is 3.15. The highest BCUT2D eigenvalue weighted by Gasteiger charge is 2.30. The highest BCUT2D eigenvalue weighted by molar-refractivity contribution is 5.35. The van der Waals surface area contributed by atoms with E-state index in [4.69, 9.17) is 5.73 Å². The van der Waals surface area contributed by atoms with Gasteiger partial charge in [-0.05, 0) is 23.3 Å². The van der Waals surface area contributed by atoms with Gasteiger partial charge >= 0.3 is 6.18 Å². The average molecular weight is 265 g/mol. The van der Waals surface area contributed by atoms with Crippen molar-refractivity contribution in [1.29, 1.82) is 0 Å². The van der Waals surface area contributed by atoms with Gasteiger partial charge in [0.05, 0.1) is 5.56 Å². The summed E-state index contributed by atoms with van der Waals surface area (Å²) in [4.78, 5) is 0. The maximum absolute atomic E-state index is 12.5. The topological polar surface area (TPSA) is 26.0 Å². The van der Waals surface area contributed by atoms with Gasteiger partial charge in [0.15, 0.2) is 0 Å². The molecule has 0 amide bonds. The molecule has 0 saturated heterocycles. The minimum Gasteiger partial charge on any atom is -0.330 e. The lowest BCUT2D eigenvalue weighted by Crippen LogP contribution is -2.14. The lowest BCUT2D eigenvalue weighted by Gasteiger charge is -2.16. The van der Waals surface area contributed by atoms with Crippen LogP contribution in [0, 0.1) is 0 Å². The number of halogens is 3. The fourth-order valence-corrected chi connectivity index (χ4v) is 2.05. The monoisotopic (exact) mass is 265 g/mol. The Kier molecular flexibility index (Phi) is 3.90. The van der Waals surface area contributed by atoms with Crippen LogP contribution >= 0.6 is 0 Å². The van der Waals surface area contributed by atoms with E-state index in [9.17, 15) is 13.2 Å². The summed E-state index contributed by atoms with van der Waals surface area (Å²) in [6.07, 6.45) is -4.30. The molecule has 0 heterocycles. The van der Waals surface area contributed by atoms with E-state index in [-0.39, 0.29) is 5.92 Å². The van der Waals surface area contributed by atoms with Gasteiger partial charge < -0.3 is 5.73 Å². The molecule has 19 heavy (non-hydrogen) atoms. The molecule has 0 aliphatic rings. The predicted molar refractivity (Wildman–Crippen MR) is 68.8 cm³/mol. The van der Waals surface area contributed by atoms with Crippen molar-refractivity contribution < 1.29 is 13.2 Å². The number of hydrogen-bond acceptors (Lipinski definition) is 1. The molecule has 0 saturated carbocycles. The molecular weight excluding hydrogens is 251 g/mol. The summed E-state index contributed by atoms with van der Waals surface area (Å²) < 4.78 is 37.5. The number of nitrogens with two attached hydrogens (primary N) is 1. The first-order valence-electron chi connectivity index (χ1n) is 5.94. The Hall–Kier alpha value is -1.81. The molecule has 0 radical (unpaired) electrons. The van der Waals surface area contributed by atoms with Gasteiger partial charge in [0.25, 0.3) is 0 Å². The molecule has 0 unspecified atom stereocenters. The summed E-state index contributed by atoms with van der Waals surface area (Å²) in [5.41, 5.74) is 6.90. The second kappa shape index (κ2) is 5.45. The summed E-state index contributed by atoms with van der Waals surface area (Å²) in [5, 5.41) is 0. The normalized spacial score (nSPS) is 13.3. The summed E-state index contributed by atoms with van der Waals surface area (Å²) in [5.74, 6) is -0.0801. The van der Waals surface area contributed by atoms with Crippen molar-refractivity contribution in [2.45, 2.75) is 12.1 Å². The Morgan fingerprint density at radius 3 is 1.84 bits per heavy atom. The zero-order valence-corrected chi connectivity index (χ0v) is 10.2. The van der Waals surface area contributed by atoms with Crippen molar-refractivity contribution in [3.63, 3.8) is 0 Å². The van der Waals surface area contributed by atoms with E-state index in [0.717, 1.165) is 23.3 Å². The Labute approximate surface area is 109 Å². The Morgan fingerprint density at radius 2 is 1.37 bits per heavy atom. The van der Waals surface area contributed by atoms with Crippen LogP contribution in [0.3, 0.4) is 0 Å². The summed E-state index contributed by atoms with van der Waals surface area (Å²) in [6.45, 7) is 0.357. The largest absolute Gasteiger partial charge is 0.416 e. The van der Waals surface area contributed by atoms with Crippen molar-refractivity contribution in [3.05, 3.63) is 71.3 Å². The van der Waals surface area contributed by atoms with Gasteiger partial charge in [0.1, 0.15) is 0 Å². The number of alkyl halides is 3. The molecule has 0 fully saturated rings. The van der Waals surface area contributed by atoms with E-state index in [0.29, 0.717) is 6.54 Å². The molecule has 1 nitrogen and oxygen atoms in total. The lowest BCUT2D eigenvalue weighted by atomic mass is 9.91. The first kappa shape index (κ1) is 13.6. The van der Waals surface area contributed by atoms with Crippen molar-refractivity contribution >= 4 is 0 Å². The van der Waals surface area contributed by atoms with Crippen molar-refractivity contribution in [1.82, 2.24) is 0 Å². The van der Waals surface area contributed by atoms with Gasteiger partial charge in [0.2, 0.25) is 0 Å². The zero-order chi connectivity index (χ0) is 13.9. The molecule has 4 heteroatoms. The first-order chi connectivity index (χ1) is 9.02.